The van der Waals surface area contributed by atoms with Gasteiger partial charge in [-0.05, 0) is 31.7 Å². The maximum atomic E-state index is 11.7. The molecule has 2 rings (SSSR count). The van der Waals surface area contributed by atoms with Crippen molar-refractivity contribution in [3.8, 4) is 0 Å². The second kappa shape index (κ2) is 5.19. The fourth-order valence-corrected chi connectivity index (χ4v) is 2.29. The summed E-state index contributed by atoms with van der Waals surface area (Å²) in [5, 5.41) is 2.98. The van der Waals surface area contributed by atoms with E-state index in [1.54, 1.807) is 6.07 Å². The Morgan fingerprint density at radius 2 is 2.19 bits per heavy atom. The van der Waals surface area contributed by atoms with Crippen molar-refractivity contribution < 1.29 is 9.21 Å². The molecule has 0 aromatic carbocycles. The van der Waals surface area contributed by atoms with Crippen LogP contribution in [0.2, 0.25) is 0 Å². The van der Waals surface area contributed by atoms with E-state index in [2.05, 4.69) is 5.32 Å². The molecule has 3 nitrogen and oxygen atoms in total. The van der Waals surface area contributed by atoms with Crippen LogP contribution in [0, 0.1) is 12.8 Å². The molecule has 1 amide bonds. The molecule has 88 valence electrons. The van der Waals surface area contributed by atoms with E-state index in [4.69, 9.17) is 4.42 Å². The fraction of sp³-hybridized carbons (Fsp3) is 0.615. The van der Waals surface area contributed by atoms with Gasteiger partial charge < -0.3 is 9.73 Å². The first-order valence-electron chi connectivity index (χ1n) is 6.09. The summed E-state index contributed by atoms with van der Waals surface area (Å²) in [6.45, 7) is 2.65. The van der Waals surface area contributed by atoms with Crippen LogP contribution in [-0.4, -0.2) is 12.5 Å². The van der Waals surface area contributed by atoms with E-state index < -0.39 is 0 Å². The van der Waals surface area contributed by atoms with Gasteiger partial charge in [0.15, 0.2) is 0 Å². The van der Waals surface area contributed by atoms with Gasteiger partial charge in [-0.15, -0.1) is 0 Å². The molecule has 1 heterocycles. The summed E-state index contributed by atoms with van der Waals surface area (Å²) in [5.41, 5.74) is 0.633. The van der Waals surface area contributed by atoms with Gasteiger partial charge in [-0.25, -0.2) is 0 Å². The molecule has 16 heavy (non-hydrogen) atoms. The summed E-state index contributed by atoms with van der Waals surface area (Å²) in [7, 11) is 0. The Bertz CT molecular complexity index is 351. The third-order valence-corrected chi connectivity index (χ3v) is 3.27. The predicted molar refractivity (Wildman–Crippen MR) is 62.4 cm³/mol. The average molecular weight is 221 g/mol. The number of rotatable bonds is 3. The Labute approximate surface area is 96.2 Å². The number of nitrogens with one attached hydrogen (secondary N) is 1. The SMILES string of the molecule is Cc1cc(C(=O)NCC2CCCCC2)co1. The van der Waals surface area contributed by atoms with Crippen molar-refractivity contribution in [2.75, 3.05) is 6.54 Å². The largest absolute Gasteiger partial charge is 0.469 e. The van der Waals surface area contributed by atoms with E-state index in [1.165, 1.54) is 38.4 Å². The van der Waals surface area contributed by atoms with Gasteiger partial charge in [-0.3, -0.25) is 4.79 Å². The molecule has 0 unspecified atom stereocenters. The highest BCUT2D eigenvalue weighted by atomic mass is 16.3. The standard InChI is InChI=1S/C13H19NO2/c1-10-7-12(9-16-10)13(15)14-8-11-5-3-2-4-6-11/h7,9,11H,2-6,8H2,1H3,(H,14,15). The van der Waals surface area contributed by atoms with E-state index in [0.29, 0.717) is 11.5 Å². The lowest BCUT2D eigenvalue weighted by Gasteiger charge is -2.21. The number of hydrogen-bond donors (Lipinski definition) is 1. The van der Waals surface area contributed by atoms with Gasteiger partial charge in [0.25, 0.3) is 5.91 Å². The number of hydrogen-bond acceptors (Lipinski definition) is 2. The molecule has 1 aliphatic rings. The molecule has 0 spiro atoms. The quantitative estimate of drug-likeness (QED) is 0.852. The first-order chi connectivity index (χ1) is 7.75. The van der Waals surface area contributed by atoms with Gasteiger partial charge in [0.2, 0.25) is 0 Å². The van der Waals surface area contributed by atoms with Gasteiger partial charge >= 0.3 is 0 Å². The van der Waals surface area contributed by atoms with Crippen LogP contribution in [0.1, 0.15) is 48.2 Å². The van der Waals surface area contributed by atoms with E-state index in [1.807, 2.05) is 6.92 Å². The van der Waals surface area contributed by atoms with Gasteiger partial charge in [0, 0.05) is 6.54 Å². The Hall–Kier alpha value is -1.25. The summed E-state index contributed by atoms with van der Waals surface area (Å²) in [6, 6.07) is 1.77. The van der Waals surface area contributed by atoms with Crippen LogP contribution in [0.5, 0.6) is 0 Å². The van der Waals surface area contributed by atoms with Crippen molar-refractivity contribution in [2.24, 2.45) is 5.92 Å². The highest BCUT2D eigenvalue weighted by Gasteiger charge is 2.15. The van der Waals surface area contributed by atoms with Crippen molar-refractivity contribution in [1.29, 1.82) is 0 Å². The topological polar surface area (TPSA) is 42.2 Å². The maximum absolute atomic E-state index is 11.7. The molecular weight excluding hydrogens is 202 g/mol. The summed E-state index contributed by atoms with van der Waals surface area (Å²) in [4.78, 5) is 11.7. The normalized spacial score (nSPS) is 17.3. The van der Waals surface area contributed by atoms with Crippen LogP contribution in [-0.2, 0) is 0 Å². The predicted octanol–water partition coefficient (Wildman–Crippen LogP) is 2.90. The van der Waals surface area contributed by atoms with E-state index in [0.717, 1.165) is 12.3 Å². The first-order valence-corrected chi connectivity index (χ1v) is 6.09. The molecule has 1 N–H and O–H groups in total. The molecule has 1 saturated carbocycles. The molecule has 1 aliphatic carbocycles. The maximum Gasteiger partial charge on any atom is 0.254 e. The monoisotopic (exact) mass is 221 g/mol. The van der Waals surface area contributed by atoms with Crippen molar-refractivity contribution in [1.82, 2.24) is 5.32 Å². The molecule has 0 bridgehead atoms. The van der Waals surface area contributed by atoms with Crippen LogP contribution in [0.15, 0.2) is 16.7 Å². The third-order valence-electron chi connectivity index (χ3n) is 3.27. The van der Waals surface area contributed by atoms with Crippen LogP contribution in [0.25, 0.3) is 0 Å². The fourth-order valence-electron chi connectivity index (χ4n) is 2.29. The van der Waals surface area contributed by atoms with Crippen LogP contribution < -0.4 is 5.32 Å². The van der Waals surface area contributed by atoms with Gasteiger partial charge in [-0.1, -0.05) is 19.3 Å². The minimum atomic E-state index is -0.0116. The first kappa shape index (κ1) is 11.2. The van der Waals surface area contributed by atoms with Gasteiger partial charge in [0.05, 0.1) is 5.56 Å². The molecule has 1 aromatic heterocycles. The molecule has 3 heteroatoms. The number of carbonyl (C=O) groups is 1. The van der Waals surface area contributed by atoms with Crippen LogP contribution >= 0.6 is 0 Å². The number of carbonyl (C=O) groups excluding carboxylic acids is 1. The van der Waals surface area contributed by atoms with Crippen molar-refractivity contribution in [2.45, 2.75) is 39.0 Å². The second-order valence-corrected chi connectivity index (χ2v) is 4.66. The van der Waals surface area contributed by atoms with E-state index in [-0.39, 0.29) is 5.91 Å². The number of amides is 1. The summed E-state index contributed by atoms with van der Waals surface area (Å²) in [5.74, 6) is 1.44. The second-order valence-electron chi connectivity index (χ2n) is 4.66. The highest BCUT2D eigenvalue weighted by Crippen LogP contribution is 2.22. The third kappa shape index (κ3) is 2.87. The Kier molecular flexibility index (Phi) is 3.65. The minimum absolute atomic E-state index is 0.0116. The van der Waals surface area contributed by atoms with Crippen LogP contribution in [0.3, 0.4) is 0 Å². The molecule has 0 radical (unpaired) electrons. The summed E-state index contributed by atoms with van der Waals surface area (Å²) < 4.78 is 5.12. The Morgan fingerprint density at radius 1 is 1.44 bits per heavy atom. The number of furan rings is 1. The smallest absolute Gasteiger partial charge is 0.254 e. The molecule has 1 fully saturated rings. The molecular formula is C13H19NO2. The molecule has 0 atom stereocenters. The van der Waals surface area contributed by atoms with Crippen LogP contribution in [0.4, 0.5) is 0 Å². The van der Waals surface area contributed by atoms with E-state index in [9.17, 15) is 4.79 Å². The molecule has 1 aromatic rings. The lowest BCUT2D eigenvalue weighted by molar-refractivity contribution is 0.0943. The average Bonchev–Trinajstić information content (AvgIpc) is 2.74. The zero-order valence-electron chi connectivity index (χ0n) is 9.79. The van der Waals surface area contributed by atoms with Gasteiger partial charge in [-0.2, -0.15) is 0 Å². The zero-order valence-corrected chi connectivity index (χ0v) is 9.79. The minimum Gasteiger partial charge on any atom is -0.469 e. The van der Waals surface area contributed by atoms with Crippen molar-refractivity contribution in [3.05, 3.63) is 23.7 Å². The lowest BCUT2D eigenvalue weighted by Crippen LogP contribution is -2.29. The molecule has 0 saturated heterocycles. The summed E-state index contributed by atoms with van der Waals surface area (Å²) >= 11 is 0. The highest BCUT2D eigenvalue weighted by molar-refractivity contribution is 5.93. The zero-order chi connectivity index (χ0) is 11.4. The van der Waals surface area contributed by atoms with Crippen molar-refractivity contribution in [3.63, 3.8) is 0 Å². The van der Waals surface area contributed by atoms with E-state index >= 15 is 0 Å². The number of aryl methyl sites for hydroxylation is 1. The lowest BCUT2D eigenvalue weighted by atomic mass is 9.89. The molecule has 0 aliphatic heterocycles. The Balaban J connectivity index is 1.79. The van der Waals surface area contributed by atoms with Crippen molar-refractivity contribution >= 4 is 5.91 Å². The summed E-state index contributed by atoms with van der Waals surface area (Å²) in [6.07, 6.45) is 8.00. The Morgan fingerprint density at radius 3 is 2.81 bits per heavy atom. The van der Waals surface area contributed by atoms with Gasteiger partial charge in [0.1, 0.15) is 12.0 Å².